The number of rotatable bonds is 3. The Morgan fingerprint density at radius 2 is 1.17 bits per heavy atom. The maximum absolute atomic E-state index is 6.98. The van der Waals surface area contributed by atoms with Crippen molar-refractivity contribution in [3.63, 3.8) is 0 Å². The van der Waals surface area contributed by atoms with Gasteiger partial charge in [-0.25, -0.2) is 0 Å². The van der Waals surface area contributed by atoms with Crippen LogP contribution >= 0.6 is 11.3 Å². The standard InChI is InChI=1S/C39H23NOS/c1-2-11-25-24(10-1)22-33(27-13-4-3-12-26(25)27)37-29-15-5-6-16-30(29)38(31-20-21-40-23-34(31)37)41-35-18-9-17-32-28-14-7-8-19-36(28)42-39(32)35/h1-23H. The van der Waals surface area contributed by atoms with Crippen molar-refractivity contribution in [3.05, 3.63) is 140 Å². The van der Waals surface area contributed by atoms with Gasteiger partial charge in [-0.15, -0.1) is 11.3 Å². The van der Waals surface area contributed by atoms with Crippen molar-refractivity contribution in [1.82, 2.24) is 4.98 Å². The lowest BCUT2D eigenvalue weighted by Crippen LogP contribution is -1.94. The van der Waals surface area contributed by atoms with Gasteiger partial charge in [0.1, 0.15) is 11.5 Å². The van der Waals surface area contributed by atoms with Crippen molar-refractivity contribution in [2.75, 3.05) is 0 Å². The van der Waals surface area contributed by atoms with Gasteiger partial charge in [0.15, 0.2) is 0 Å². The third-order valence-electron chi connectivity index (χ3n) is 8.39. The summed E-state index contributed by atoms with van der Waals surface area (Å²) in [5.74, 6) is 1.74. The Morgan fingerprint density at radius 1 is 0.500 bits per heavy atom. The summed E-state index contributed by atoms with van der Waals surface area (Å²) in [4.78, 5) is 4.62. The second-order valence-electron chi connectivity index (χ2n) is 10.7. The van der Waals surface area contributed by atoms with E-state index in [0.717, 1.165) is 37.7 Å². The van der Waals surface area contributed by atoms with E-state index in [1.165, 1.54) is 48.1 Å². The van der Waals surface area contributed by atoms with Gasteiger partial charge in [-0.3, -0.25) is 4.98 Å². The zero-order valence-electron chi connectivity index (χ0n) is 22.5. The molecule has 42 heavy (non-hydrogen) atoms. The van der Waals surface area contributed by atoms with E-state index in [-0.39, 0.29) is 0 Å². The number of hydrogen-bond donors (Lipinski definition) is 0. The second-order valence-corrected chi connectivity index (χ2v) is 11.7. The van der Waals surface area contributed by atoms with Crippen LogP contribution in [0, 0.1) is 0 Å². The molecule has 0 aliphatic rings. The van der Waals surface area contributed by atoms with Crippen LogP contribution in [0.15, 0.2) is 140 Å². The molecule has 2 nitrogen and oxygen atoms in total. The van der Waals surface area contributed by atoms with Crippen LogP contribution in [0.25, 0.3) is 74.4 Å². The van der Waals surface area contributed by atoms with Crippen molar-refractivity contribution >= 4 is 74.6 Å². The van der Waals surface area contributed by atoms with Crippen LogP contribution in [0.2, 0.25) is 0 Å². The van der Waals surface area contributed by atoms with E-state index in [1.54, 1.807) is 11.3 Å². The van der Waals surface area contributed by atoms with E-state index >= 15 is 0 Å². The van der Waals surface area contributed by atoms with Gasteiger partial charge in [0.05, 0.1) is 4.70 Å². The van der Waals surface area contributed by atoms with E-state index in [0.29, 0.717) is 0 Å². The molecule has 0 bridgehead atoms. The summed E-state index contributed by atoms with van der Waals surface area (Å²) in [7, 11) is 0. The maximum Gasteiger partial charge on any atom is 0.145 e. The van der Waals surface area contributed by atoms with Gasteiger partial charge < -0.3 is 4.74 Å². The predicted octanol–water partition coefficient (Wildman–Crippen LogP) is 11.5. The fourth-order valence-electron chi connectivity index (χ4n) is 6.55. The van der Waals surface area contributed by atoms with Crippen LogP contribution in [0.1, 0.15) is 0 Å². The second kappa shape index (κ2) is 9.13. The molecule has 0 spiro atoms. The van der Waals surface area contributed by atoms with Crippen LogP contribution in [0.5, 0.6) is 11.5 Å². The quantitative estimate of drug-likeness (QED) is 0.160. The van der Waals surface area contributed by atoms with E-state index in [2.05, 4.69) is 132 Å². The van der Waals surface area contributed by atoms with E-state index in [4.69, 9.17) is 4.74 Å². The van der Waals surface area contributed by atoms with Crippen LogP contribution in [0.4, 0.5) is 0 Å². The first-order valence-electron chi connectivity index (χ1n) is 14.1. The summed E-state index contributed by atoms with van der Waals surface area (Å²) >= 11 is 1.78. The zero-order valence-corrected chi connectivity index (χ0v) is 23.4. The lowest BCUT2D eigenvalue weighted by Gasteiger charge is -2.19. The Bertz CT molecular complexity index is 2450. The van der Waals surface area contributed by atoms with Crippen LogP contribution in [-0.2, 0) is 0 Å². The molecule has 0 amide bonds. The Balaban J connectivity index is 1.37. The Morgan fingerprint density at radius 3 is 2.05 bits per heavy atom. The third-order valence-corrected chi connectivity index (χ3v) is 9.59. The molecule has 0 unspecified atom stereocenters. The highest BCUT2D eigenvalue weighted by Gasteiger charge is 2.20. The van der Waals surface area contributed by atoms with Gasteiger partial charge in [0, 0.05) is 44.0 Å². The molecule has 0 radical (unpaired) electrons. The molecule has 2 heterocycles. The van der Waals surface area contributed by atoms with Crippen molar-refractivity contribution < 1.29 is 4.74 Å². The largest absolute Gasteiger partial charge is 0.455 e. The molecule has 0 saturated heterocycles. The summed E-state index contributed by atoms with van der Waals surface area (Å²) in [6.07, 6.45) is 3.86. The average Bonchev–Trinajstić information content (AvgIpc) is 3.44. The van der Waals surface area contributed by atoms with Gasteiger partial charge in [-0.05, 0) is 62.3 Å². The van der Waals surface area contributed by atoms with Crippen molar-refractivity contribution in [2.45, 2.75) is 0 Å². The van der Waals surface area contributed by atoms with E-state index in [1.807, 2.05) is 12.4 Å². The lowest BCUT2D eigenvalue weighted by molar-refractivity contribution is 0.500. The molecular formula is C39H23NOS. The average molecular weight is 554 g/mol. The van der Waals surface area contributed by atoms with Gasteiger partial charge in [0.25, 0.3) is 0 Å². The predicted molar refractivity (Wildman–Crippen MR) is 179 cm³/mol. The first-order valence-corrected chi connectivity index (χ1v) is 14.9. The minimum absolute atomic E-state index is 0.863. The van der Waals surface area contributed by atoms with Crippen LogP contribution in [-0.4, -0.2) is 4.98 Å². The molecule has 3 heteroatoms. The molecule has 0 N–H and O–H groups in total. The summed E-state index contributed by atoms with van der Waals surface area (Å²) < 4.78 is 9.41. The highest BCUT2D eigenvalue weighted by Crippen LogP contribution is 2.48. The Hall–Kier alpha value is -5.25. The van der Waals surface area contributed by atoms with Crippen molar-refractivity contribution in [1.29, 1.82) is 0 Å². The number of ether oxygens (including phenoxy) is 1. The smallest absolute Gasteiger partial charge is 0.145 e. The molecule has 7 aromatic carbocycles. The highest BCUT2D eigenvalue weighted by molar-refractivity contribution is 7.26. The maximum atomic E-state index is 6.98. The SMILES string of the molecule is c1ccc2c(c1)cc(-c1c3ccccc3c(Oc3cccc4c3sc3ccccc34)c3ccncc13)c1ccccc12. The minimum Gasteiger partial charge on any atom is -0.455 e. The molecule has 9 aromatic rings. The topological polar surface area (TPSA) is 22.1 Å². The van der Waals surface area contributed by atoms with Gasteiger partial charge >= 0.3 is 0 Å². The van der Waals surface area contributed by atoms with Crippen molar-refractivity contribution in [3.8, 4) is 22.6 Å². The minimum atomic E-state index is 0.863. The molecule has 0 aliphatic carbocycles. The molecule has 0 aliphatic heterocycles. The number of aromatic nitrogens is 1. The Labute approximate surface area is 246 Å². The third kappa shape index (κ3) is 3.41. The highest BCUT2D eigenvalue weighted by atomic mass is 32.1. The summed E-state index contributed by atoms with van der Waals surface area (Å²) in [6.45, 7) is 0. The first kappa shape index (κ1) is 23.5. The lowest BCUT2D eigenvalue weighted by atomic mass is 9.87. The molecule has 0 atom stereocenters. The molecule has 0 fully saturated rings. The zero-order chi connectivity index (χ0) is 27.6. The van der Waals surface area contributed by atoms with E-state index < -0.39 is 0 Å². The van der Waals surface area contributed by atoms with Crippen LogP contribution in [0.3, 0.4) is 0 Å². The van der Waals surface area contributed by atoms with Gasteiger partial charge in [-0.1, -0.05) is 103 Å². The molecule has 2 aromatic heterocycles. The van der Waals surface area contributed by atoms with E-state index in [9.17, 15) is 0 Å². The number of hydrogen-bond acceptors (Lipinski definition) is 3. The van der Waals surface area contributed by atoms with Gasteiger partial charge in [0.2, 0.25) is 0 Å². The molecule has 0 saturated carbocycles. The number of pyridine rings is 1. The Kier molecular flexibility index (Phi) is 5.10. The number of nitrogens with zero attached hydrogens (tertiary/aromatic N) is 1. The first-order chi connectivity index (χ1) is 20.8. The normalized spacial score (nSPS) is 11.8. The molecule has 9 rings (SSSR count). The fraction of sp³-hybridized carbons (Fsp3) is 0. The van der Waals surface area contributed by atoms with Crippen LogP contribution < -0.4 is 4.74 Å². The number of fused-ring (bicyclic) bond motifs is 8. The van der Waals surface area contributed by atoms with Crippen molar-refractivity contribution in [2.24, 2.45) is 0 Å². The van der Waals surface area contributed by atoms with Gasteiger partial charge in [-0.2, -0.15) is 0 Å². The summed E-state index contributed by atoms with van der Waals surface area (Å²) in [5.41, 5.74) is 2.39. The number of benzene rings is 7. The fourth-order valence-corrected chi connectivity index (χ4v) is 7.71. The monoisotopic (exact) mass is 553 g/mol. The molecular weight excluding hydrogens is 531 g/mol. The molecule has 196 valence electrons. The summed E-state index contributed by atoms with van der Waals surface area (Å²) in [6, 6.07) is 45.4. The number of thiophene rings is 1. The summed E-state index contributed by atoms with van der Waals surface area (Å²) in [5, 5.41) is 11.8.